The Hall–Kier alpha value is -1.46. The fourth-order valence-corrected chi connectivity index (χ4v) is 1.96. The maximum Gasteiger partial charge on any atom is 0.196 e. The Kier molecular flexibility index (Phi) is 3.63. The molecule has 3 nitrogen and oxygen atoms in total. The standard InChI is InChI=1S/C12H7BrClFN2O/c13-9-3-6(1-2-10(9)15)11(18)8-4-7(14)5-17-12(8)16/h1-5H,(H2,16,17). The van der Waals surface area contributed by atoms with Gasteiger partial charge in [-0.25, -0.2) is 9.37 Å². The second kappa shape index (κ2) is 5.04. The van der Waals surface area contributed by atoms with Gasteiger partial charge in [-0.05, 0) is 40.2 Å². The molecular formula is C12H7BrClFN2O. The van der Waals surface area contributed by atoms with Crippen molar-refractivity contribution in [2.24, 2.45) is 0 Å². The van der Waals surface area contributed by atoms with Gasteiger partial charge in [0.1, 0.15) is 11.6 Å². The van der Waals surface area contributed by atoms with Crippen LogP contribution in [0.5, 0.6) is 0 Å². The Labute approximate surface area is 116 Å². The third kappa shape index (κ3) is 2.52. The molecule has 0 aliphatic carbocycles. The predicted octanol–water partition coefficient (Wildman–Crippen LogP) is 3.45. The van der Waals surface area contributed by atoms with E-state index in [9.17, 15) is 9.18 Å². The summed E-state index contributed by atoms with van der Waals surface area (Å²) in [5.41, 5.74) is 6.12. The van der Waals surface area contributed by atoms with Gasteiger partial charge in [0.15, 0.2) is 5.78 Å². The summed E-state index contributed by atoms with van der Waals surface area (Å²) in [7, 11) is 0. The van der Waals surface area contributed by atoms with Gasteiger partial charge in [-0.1, -0.05) is 11.6 Å². The van der Waals surface area contributed by atoms with E-state index in [1.165, 1.54) is 30.5 Å². The maximum absolute atomic E-state index is 13.1. The number of hydrogen-bond acceptors (Lipinski definition) is 3. The maximum atomic E-state index is 13.1. The van der Waals surface area contributed by atoms with Crippen molar-refractivity contribution in [2.45, 2.75) is 0 Å². The molecule has 0 saturated carbocycles. The lowest BCUT2D eigenvalue weighted by molar-refractivity contribution is 0.103. The zero-order valence-electron chi connectivity index (χ0n) is 8.95. The van der Waals surface area contributed by atoms with Gasteiger partial charge < -0.3 is 5.73 Å². The number of nitrogens with two attached hydrogens (primary N) is 1. The molecule has 18 heavy (non-hydrogen) atoms. The number of ketones is 1. The highest BCUT2D eigenvalue weighted by atomic mass is 79.9. The van der Waals surface area contributed by atoms with Crippen molar-refractivity contribution in [3.05, 3.63) is 56.9 Å². The predicted molar refractivity (Wildman–Crippen MR) is 71.2 cm³/mol. The highest BCUT2D eigenvalue weighted by Crippen LogP contribution is 2.22. The third-order valence-corrected chi connectivity index (χ3v) is 3.13. The van der Waals surface area contributed by atoms with Crippen molar-refractivity contribution < 1.29 is 9.18 Å². The van der Waals surface area contributed by atoms with E-state index in [1.807, 2.05) is 0 Å². The molecule has 0 saturated heterocycles. The zero-order chi connectivity index (χ0) is 13.3. The van der Waals surface area contributed by atoms with Gasteiger partial charge in [-0.2, -0.15) is 0 Å². The molecule has 2 aromatic rings. The minimum Gasteiger partial charge on any atom is -0.383 e. The second-order valence-electron chi connectivity index (χ2n) is 3.54. The Morgan fingerprint density at radius 2 is 2.11 bits per heavy atom. The molecule has 92 valence electrons. The van der Waals surface area contributed by atoms with Crippen LogP contribution in [0.1, 0.15) is 15.9 Å². The van der Waals surface area contributed by atoms with Gasteiger partial charge in [-0.15, -0.1) is 0 Å². The van der Waals surface area contributed by atoms with Crippen molar-refractivity contribution in [3.8, 4) is 0 Å². The van der Waals surface area contributed by atoms with Crippen molar-refractivity contribution in [3.63, 3.8) is 0 Å². The van der Waals surface area contributed by atoms with E-state index in [0.717, 1.165) is 0 Å². The van der Waals surface area contributed by atoms with Crippen molar-refractivity contribution in [2.75, 3.05) is 5.73 Å². The molecule has 0 amide bonds. The number of benzene rings is 1. The lowest BCUT2D eigenvalue weighted by atomic mass is 10.0. The quantitative estimate of drug-likeness (QED) is 0.859. The van der Waals surface area contributed by atoms with E-state index in [4.69, 9.17) is 17.3 Å². The van der Waals surface area contributed by atoms with E-state index < -0.39 is 5.82 Å². The van der Waals surface area contributed by atoms with Crippen LogP contribution in [0.2, 0.25) is 5.02 Å². The van der Waals surface area contributed by atoms with Gasteiger partial charge in [0.2, 0.25) is 0 Å². The van der Waals surface area contributed by atoms with E-state index >= 15 is 0 Å². The number of nitrogen functional groups attached to an aromatic ring is 1. The first-order valence-corrected chi connectivity index (χ1v) is 6.07. The number of nitrogens with zero attached hydrogens (tertiary/aromatic N) is 1. The Bertz CT molecular complexity index is 633. The lowest BCUT2D eigenvalue weighted by Crippen LogP contribution is -2.07. The van der Waals surface area contributed by atoms with Crippen LogP contribution >= 0.6 is 27.5 Å². The van der Waals surface area contributed by atoms with Gasteiger partial charge in [0.05, 0.1) is 15.1 Å². The van der Waals surface area contributed by atoms with Crippen LogP contribution in [0.4, 0.5) is 10.2 Å². The Morgan fingerprint density at radius 1 is 1.39 bits per heavy atom. The highest BCUT2D eigenvalue weighted by Gasteiger charge is 2.15. The number of carbonyl (C=O) groups is 1. The monoisotopic (exact) mass is 328 g/mol. The van der Waals surface area contributed by atoms with Crippen molar-refractivity contribution in [1.82, 2.24) is 4.98 Å². The van der Waals surface area contributed by atoms with Gasteiger partial charge in [-0.3, -0.25) is 4.79 Å². The summed E-state index contributed by atoms with van der Waals surface area (Å²) in [6, 6.07) is 5.40. The summed E-state index contributed by atoms with van der Waals surface area (Å²) in [6.07, 6.45) is 1.36. The van der Waals surface area contributed by atoms with Crippen LogP contribution in [0.3, 0.4) is 0 Å². The Balaban J connectivity index is 2.47. The van der Waals surface area contributed by atoms with Gasteiger partial charge in [0, 0.05) is 11.8 Å². The first-order valence-electron chi connectivity index (χ1n) is 4.90. The minimum atomic E-state index is -0.441. The number of halogens is 3. The zero-order valence-corrected chi connectivity index (χ0v) is 11.3. The SMILES string of the molecule is Nc1ncc(Cl)cc1C(=O)c1ccc(F)c(Br)c1. The largest absolute Gasteiger partial charge is 0.383 e. The molecule has 2 rings (SSSR count). The van der Waals surface area contributed by atoms with Crippen LogP contribution in [0.15, 0.2) is 34.9 Å². The van der Waals surface area contributed by atoms with E-state index in [1.54, 1.807) is 0 Å². The van der Waals surface area contributed by atoms with Crippen LogP contribution < -0.4 is 5.73 Å². The number of aromatic nitrogens is 1. The number of carbonyl (C=O) groups excluding carboxylic acids is 1. The molecule has 2 N–H and O–H groups in total. The highest BCUT2D eigenvalue weighted by molar-refractivity contribution is 9.10. The second-order valence-corrected chi connectivity index (χ2v) is 4.84. The first kappa shape index (κ1) is 13.0. The smallest absolute Gasteiger partial charge is 0.196 e. The van der Waals surface area contributed by atoms with Crippen molar-refractivity contribution in [1.29, 1.82) is 0 Å². The molecule has 0 atom stereocenters. The summed E-state index contributed by atoms with van der Waals surface area (Å²) in [5, 5.41) is 0.314. The first-order chi connectivity index (χ1) is 8.49. The number of rotatable bonds is 2. The van der Waals surface area contributed by atoms with E-state index in [0.29, 0.717) is 10.6 Å². The fourth-order valence-electron chi connectivity index (χ4n) is 1.42. The molecule has 0 spiro atoms. The summed E-state index contributed by atoms with van der Waals surface area (Å²) in [5.74, 6) is -0.711. The number of anilines is 1. The normalized spacial score (nSPS) is 10.4. The molecule has 0 fully saturated rings. The van der Waals surface area contributed by atoms with Crippen LogP contribution in [-0.4, -0.2) is 10.8 Å². The molecule has 1 heterocycles. The van der Waals surface area contributed by atoms with Crippen LogP contribution in [0, 0.1) is 5.82 Å². The fraction of sp³-hybridized carbons (Fsp3) is 0. The average Bonchev–Trinajstić information content (AvgIpc) is 2.35. The number of pyridine rings is 1. The molecule has 0 radical (unpaired) electrons. The van der Waals surface area contributed by atoms with Gasteiger partial charge in [0.25, 0.3) is 0 Å². The van der Waals surface area contributed by atoms with E-state index in [2.05, 4.69) is 20.9 Å². The van der Waals surface area contributed by atoms with Crippen LogP contribution in [-0.2, 0) is 0 Å². The minimum absolute atomic E-state index is 0.0878. The molecule has 6 heteroatoms. The summed E-state index contributed by atoms with van der Waals surface area (Å²) >= 11 is 8.79. The summed E-state index contributed by atoms with van der Waals surface area (Å²) in [4.78, 5) is 16.0. The third-order valence-electron chi connectivity index (χ3n) is 2.31. The molecule has 0 aliphatic heterocycles. The molecular weight excluding hydrogens is 322 g/mol. The average molecular weight is 330 g/mol. The summed E-state index contributed by atoms with van der Waals surface area (Å²) < 4.78 is 13.3. The lowest BCUT2D eigenvalue weighted by Gasteiger charge is -2.05. The molecule has 1 aromatic heterocycles. The van der Waals surface area contributed by atoms with Crippen molar-refractivity contribution >= 4 is 39.1 Å². The molecule has 0 bridgehead atoms. The van der Waals surface area contributed by atoms with Gasteiger partial charge >= 0.3 is 0 Å². The summed E-state index contributed by atoms with van der Waals surface area (Å²) in [6.45, 7) is 0. The van der Waals surface area contributed by atoms with E-state index in [-0.39, 0.29) is 21.6 Å². The topological polar surface area (TPSA) is 56.0 Å². The Morgan fingerprint density at radius 3 is 2.78 bits per heavy atom. The number of hydrogen-bond donors (Lipinski definition) is 1. The molecule has 1 aromatic carbocycles. The molecule has 0 unspecified atom stereocenters. The molecule has 0 aliphatic rings. The van der Waals surface area contributed by atoms with Crippen LogP contribution in [0.25, 0.3) is 0 Å².